The molecule has 7 heteroatoms. The van der Waals surface area contributed by atoms with Crippen molar-refractivity contribution in [2.45, 2.75) is 12.6 Å². The van der Waals surface area contributed by atoms with E-state index < -0.39 is 6.04 Å². The molecule has 4 rings (SSSR count). The van der Waals surface area contributed by atoms with Crippen molar-refractivity contribution < 1.29 is 9.59 Å². The van der Waals surface area contributed by atoms with Crippen molar-refractivity contribution in [3.8, 4) is 0 Å². The van der Waals surface area contributed by atoms with Crippen LogP contribution in [0.3, 0.4) is 0 Å². The first-order valence-electron chi connectivity index (χ1n) is 7.69. The van der Waals surface area contributed by atoms with Crippen molar-refractivity contribution in [1.82, 2.24) is 20.0 Å². The molecule has 0 spiro atoms. The Morgan fingerprint density at radius 3 is 2.92 bits per heavy atom. The van der Waals surface area contributed by atoms with E-state index in [0.717, 1.165) is 15.8 Å². The molecular formula is C17H16N4O2S. The summed E-state index contributed by atoms with van der Waals surface area (Å²) in [6, 6.07) is 11.2. The molecule has 6 nitrogen and oxygen atoms in total. The molecule has 0 radical (unpaired) electrons. The molecule has 0 unspecified atom stereocenters. The second-order valence-corrected chi connectivity index (χ2v) is 6.82. The standard InChI is InChI=1S/C17H16N4O2S/c1-18-16(22)13-10-20(9-12-6-7-19-21(12)13)17(23)15-8-11-4-2-3-5-14(11)24-15/h2-8,13H,9-10H2,1H3,(H,18,22)/t13-/m0/s1. The lowest BCUT2D eigenvalue weighted by atomic mass is 10.1. The van der Waals surface area contributed by atoms with Crippen LogP contribution < -0.4 is 5.32 Å². The SMILES string of the molecule is CNC(=O)[C@@H]1CN(C(=O)c2cc3ccccc3s2)Cc2ccnn21. The highest BCUT2D eigenvalue weighted by molar-refractivity contribution is 7.20. The van der Waals surface area contributed by atoms with Gasteiger partial charge in [-0.05, 0) is 23.6 Å². The van der Waals surface area contributed by atoms with E-state index in [1.165, 1.54) is 11.3 Å². The van der Waals surface area contributed by atoms with Crippen LogP contribution in [0.5, 0.6) is 0 Å². The summed E-state index contributed by atoms with van der Waals surface area (Å²) in [4.78, 5) is 27.5. The molecule has 3 aromatic rings. The van der Waals surface area contributed by atoms with Gasteiger partial charge in [-0.2, -0.15) is 5.10 Å². The van der Waals surface area contributed by atoms with Gasteiger partial charge in [0.1, 0.15) is 6.04 Å². The van der Waals surface area contributed by atoms with Crippen LogP contribution in [0.2, 0.25) is 0 Å². The number of carbonyl (C=O) groups is 2. The van der Waals surface area contributed by atoms with Gasteiger partial charge in [0.2, 0.25) is 5.91 Å². The molecule has 24 heavy (non-hydrogen) atoms. The highest BCUT2D eigenvalue weighted by Gasteiger charge is 2.33. The van der Waals surface area contributed by atoms with Crippen molar-refractivity contribution >= 4 is 33.2 Å². The van der Waals surface area contributed by atoms with Crippen molar-refractivity contribution in [3.63, 3.8) is 0 Å². The Morgan fingerprint density at radius 2 is 2.12 bits per heavy atom. The maximum atomic E-state index is 12.9. The molecule has 1 aromatic carbocycles. The van der Waals surface area contributed by atoms with Gasteiger partial charge >= 0.3 is 0 Å². The first kappa shape index (κ1) is 14.9. The van der Waals surface area contributed by atoms with E-state index in [9.17, 15) is 9.59 Å². The van der Waals surface area contributed by atoms with E-state index in [0.29, 0.717) is 18.0 Å². The highest BCUT2D eigenvalue weighted by atomic mass is 32.1. The smallest absolute Gasteiger partial charge is 0.264 e. The number of fused-ring (bicyclic) bond motifs is 2. The van der Waals surface area contributed by atoms with Crippen LogP contribution in [0, 0.1) is 0 Å². The van der Waals surface area contributed by atoms with Crippen LogP contribution in [-0.2, 0) is 11.3 Å². The van der Waals surface area contributed by atoms with E-state index in [-0.39, 0.29) is 11.8 Å². The van der Waals surface area contributed by atoms with Crippen LogP contribution >= 0.6 is 11.3 Å². The largest absolute Gasteiger partial charge is 0.357 e. The topological polar surface area (TPSA) is 67.2 Å². The second-order valence-electron chi connectivity index (χ2n) is 5.73. The predicted molar refractivity (Wildman–Crippen MR) is 91.9 cm³/mol. The lowest BCUT2D eigenvalue weighted by Crippen LogP contribution is -2.46. The number of thiophene rings is 1. The van der Waals surface area contributed by atoms with Gasteiger partial charge in [0, 0.05) is 17.9 Å². The summed E-state index contributed by atoms with van der Waals surface area (Å²) in [5.74, 6) is -0.189. The fourth-order valence-corrected chi connectivity index (χ4v) is 4.08. The van der Waals surface area contributed by atoms with Gasteiger partial charge in [0.25, 0.3) is 5.91 Å². The Balaban J connectivity index is 1.66. The zero-order chi connectivity index (χ0) is 16.7. The summed E-state index contributed by atoms with van der Waals surface area (Å²) < 4.78 is 2.79. The van der Waals surface area contributed by atoms with Crippen LogP contribution in [0.15, 0.2) is 42.6 Å². The molecule has 0 fully saturated rings. The first-order valence-corrected chi connectivity index (χ1v) is 8.51. The minimum atomic E-state index is -0.493. The molecule has 0 saturated carbocycles. The minimum absolute atomic E-state index is 0.0439. The van der Waals surface area contributed by atoms with E-state index >= 15 is 0 Å². The maximum absolute atomic E-state index is 12.9. The Hall–Kier alpha value is -2.67. The van der Waals surface area contributed by atoms with Crippen LogP contribution in [0.1, 0.15) is 21.4 Å². The molecule has 2 aromatic heterocycles. The number of benzene rings is 1. The first-order chi connectivity index (χ1) is 11.7. The number of hydrogen-bond donors (Lipinski definition) is 1. The Labute approximate surface area is 142 Å². The molecule has 1 N–H and O–H groups in total. The number of aromatic nitrogens is 2. The Kier molecular flexibility index (Phi) is 3.57. The number of rotatable bonds is 2. The number of nitrogens with zero attached hydrogens (tertiary/aromatic N) is 3. The Bertz CT molecular complexity index is 896. The monoisotopic (exact) mass is 340 g/mol. The quantitative estimate of drug-likeness (QED) is 0.776. The van der Waals surface area contributed by atoms with E-state index in [1.54, 1.807) is 22.8 Å². The lowest BCUT2D eigenvalue weighted by Gasteiger charge is -2.32. The Morgan fingerprint density at radius 1 is 1.29 bits per heavy atom. The van der Waals surface area contributed by atoms with Crippen LogP contribution in [-0.4, -0.2) is 40.1 Å². The fraction of sp³-hybridized carbons (Fsp3) is 0.235. The zero-order valence-electron chi connectivity index (χ0n) is 13.1. The molecule has 3 heterocycles. The second kappa shape index (κ2) is 5.76. The van der Waals surface area contributed by atoms with Gasteiger partial charge in [0.05, 0.1) is 23.7 Å². The van der Waals surface area contributed by atoms with Crippen molar-refractivity contribution in [2.24, 2.45) is 0 Å². The van der Waals surface area contributed by atoms with Crippen molar-refractivity contribution in [3.05, 3.63) is 53.2 Å². The van der Waals surface area contributed by atoms with Gasteiger partial charge in [-0.15, -0.1) is 11.3 Å². The predicted octanol–water partition coefficient (Wildman–Crippen LogP) is 2.04. The van der Waals surface area contributed by atoms with Crippen molar-refractivity contribution in [1.29, 1.82) is 0 Å². The highest BCUT2D eigenvalue weighted by Crippen LogP contribution is 2.28. The number of carbonyl (C=O) groups excluding carboxylic acids is 2. The van der Waals surface area contributed by atoms with E-state index in [2.05, 4.69) is 10.4 Å². The molecular weight excluding hydrogens is 324 g/mol. The maximum Gasteiger partial charge on any atom is 0.264 e. The summed E-state index contributed by atoms with van der Waals surface area (Å²) in [7, 11) is 1.60. The lowest BCUT2D eigenvalue weighted by molar-refractivity contribution is -0.125. The molecule has 1 aliphatic heterocycles. The average Bonchev–Trinajstić information content (AvgIpc) is 3.25. The van der Waals surface area contributed by atoms with Gasteiger partial charge in [-0.3, -0.25) is 14.3 Å². The van der Waals surface area contributed by atoms with Crippen molar-refractivity contribution in [2.75, 3.05) is 13.6 Å². The number of hydrogen-bond acceptors (Lipinski definition) is 4. The molecule has 0 saturated heterocycles. The summed E-state index contributed by atoms with van der Waals surface area (Å²) >= 11 is 1.48. The third-order valence-corrected chi connectivity index (χ3v) is 5.37. The van der Waals surface area contributed by atoms with Gasteiger partial charge in [-0.25, -0.2) is 0 Å². The van der Waals surface area contributed by atoms with E-state index in [1.807, 2.05) is 36.4 Å². The molecule has 1 aliphatic rings. The van der Waals surface area contributed by atoms with Crippen LogP contribution in [0.4, 0.5) is 0 Å². The zero-order valence-corrected chi connectivity index (χ0v) is 13.9. The molecule has 1 atom stereocenters. The summed E-state index contributed by atoms with van der Waals surface area (Å²) in [5, 5.41) is 7.95. The number of likely N-dealkylation sites (N-methyl/N-ethyl adjacent to an activating group) is 1. The average molecular weight is 340 g/mol. The van der Waals surface area contributed by atoms with E-state index in [4.69, 9.17) is 0 Å². The summed E-state index contributed by atoms with van der Waals surface area (Å²) in [6.45, 7) is 0.780. The van der Waals surface area contributed by atoms with Gasteiger partial charge in [-0.1, -0.05) is 18.2 Å². The summed E-state index contributed by atoms with van der Waals surface area (Å²) in [6.07, 6.45) is 1.67. The number of nitrogens with one attached hydrogen (secondary N) is 1. The molecule has 2 amide bonds. The molecule has 122 valence electrons. The van der Waals surface area contributed by atoms with Gasteiger partial charge < -0.3 is 10.2 Å². The van der Waals surface area contributed by atoms with Crippen LogP contribution in [0.25, 0.3) is 10.1 Å². The molecule has 0 bridgehead atoms. The summed E-state index contributed by atoms with van der Waals surface area (Å²) in [5.41, 5.74) is 0.865. The fourth-order valence-electron chi connectivity index (χ4n) is 3.05. The van der Waals surface area contributed by atoms with Gasteiger partial charge in [0.15, 0.2) is 0 Å². The minimum Gasteiger partial charge on any atom is -0.357 e. The molecule has 0 aliphatic carbocycles. The normalized spacial score (nSPS) is 16.9. The number of amides is 2. The third-order valence-electron chi connectivity index (χ3n) is 4.27. The third kappa shape index (κ3) is 2.37.